The Hall–Kier alpha value is -2.85. The van der Waals surface area contributed by atoms with Crippen LogP contribution < -0.4 is 5.73 Å². The van der Waals surface area contributed by atoms with Gasteiger partial charge in [-0.3, -0.25) is 4.98 Å². The zero-order valence-corrected chi connectivity index (χ0v) is 14.5. The van der Waals surface area contributed by atoms with Gasteiger partial charge in [0, 0.05) is 39.7 Å². The van der Waals surface area contributed by atoms with Crippen molar-refractivity contribution in [3.63, 3.8) is 0 Å². The second-order valence-electron chi connectivity index (χ2n) is 7.17. The number of benzene rings is 2. The molecule has 0 bridgehead atoms. The van der Waals surface area contributed by atoms with Crippen molar-refractivity contribution in [2.45, 2.75) is 31.8 Å². The molecule has 1 aliphatic rings. The van der Waals surface area contributed by atoms with E-state index >= 15 is 0 Å². The zero-order valence-electron chi connectivity index (χ0n) is 14.5. The van der Waals surface area contributed by atoms with Gasteiger partial charge in [-0.25, -0.2) is 0 Å². The molecule has 0 saturated carbocycles. The van der Waals surface area contributed by atoms with Crippen molar-refractivity contribution in [2.75, 3.05) is 5.73 Å². The molecule has 0 radical (unpaired) electrons. The number of hydrogen-bond acceptors (Lipinski definition) is 3. The number of nitrogen functional groups attached to an aromatic ring is 1. The van der Waals surface area contributed by atoms with Gasteiger partial charge in [0.05, 0.1) is 17.3 Å². The third kappa shape index (κ3) is 2.37. The number of nitrogens with two attached hydrogens (primary N) is 1. The minimum absolute atomic E-state index is 0.436. The summed E-state index contributed by atoms with van der Waals surface area (Å²) in [5.41, 5.74) is 13.1. The lowest BCUT2D eigenvalue weighted by molar-refractivity contribution is 0.157. The fraction of sp³-hybridized carbons (Fsp3) is 0.227. The van der Waals surface area contributed by atoms with Gasteiger partial charge in [-0.2, -0.15) is 0 Å². The molecule has 2 aromatic carbocycles. The first-order chi connectivity index (χ1) is 12.7. The predicted octanol–water partition coefficient (Wildman–Crippen LogP) is 4.26. The lowest BCUT2D eigenvalue weighted by Crippen LogP contribution is -2.13. The summed E-state index contributed by atoms with van der Waals surface area (Å²) in [5.74, 6) is 0. The number of H-pyrrole nitrogens is 1. The van der Waals surface area contributed by atoms with Crippen molar-refractivity contribution in [2.24, 2.45) is 0 Å². The maximum Gasteiger partial charge on any atom is 0.0814 e. The number of aryl methyl sites for hydroxylation is 1. The maximum absolute atomic E-state index is 10.7. The Balaban J connectivity index is 1.80. The molecule has 2 aromatic heterocycles. The average Bonchev–Trinajstić information content (AvgIpc) is 3.02. The lowest BCUT2D eigenvalue weighted by atomic mass is 9.89. The topological polar surface area (TPSA) is 74.9 Å². The smallest absolute Gasteiger partial charge is 0.0814 e. The minimum atomic E-state index is -0.436. The highest BCUT2D eigenvalue weighted by atomic mass is 16.3. The molecule has 1 aliphatic carbocycles. The molecular formula is C22H21N3O. The summed E-state index contributed by atoms with van der Waals surface area (Å²) >= 11 is 0. The number of aromatic amines is 1. The fourth-order valence-corrected chi connectivity index (χ4v) is 4.24. The summed E-state index contributed by atoms with van der Waals surface area (Å²) in [6.45, 7) is 0. The van der Waals surface area contributed by atoms with Crippen LogP contribution in [0.5, 0.6) is 0 Å². The van der Waals surface area contributed by atoms with Crippen LogP contribution in [0.3, 0.4) is 0 Å². The van der Waals surface area contributed by atoms with Gasteiger partial charge >= 0.3 is 0 Å². The van der Waals surface area contributed by atoms with E-state index in [2.05, 4.69) is 29.2 Å². The monoisotopic (exact) mass is 343 g/mol. The number of aliphatic hydroxyl groups excluding tert-OH is 1. The number of hydrogen-bond donors (Lipinski definition) is 3. The molecule has 0 aliphatic heterocycles. The third-order valence-electron chi connectivity index (χ3n) is 5.39. The SMILES string of the molecule is Nc1cccc(Cc2nc3c(c4c2[nH]c2ccccc24)C(O)CCC3)c1. The second kappa shape index (κ2) is 5.85. The van der Waals surface area contributed by atoms with Crippen LogP contribution in [-0.2, 0) is 12.8 Å². The van der Waals surface area contributed by atoms with E-state index in [4.69, 9.17) is 10.7 Å². The molecule has 0 amide bonds. The Morgan fingerprint density at radius 1 is 1.15 bits per heavy atom. The van der Waals surface area contributed by atoms with Gasteiger partial charge in [0.15, 0.2) is 0 Å². The summed E-state index contributed by atoms with van der Waals surface area (Å²) in [5, 5.41) is 13.0. The van der Waals surface area contributed by atoms with Crippen molar-refractivity contribution in [3.8, 4) is 0 Å². The number of anilines is 1. The van der Waals surface area contributed by atoms with E-state index in [0.717, 1.165) is 75.7 Å². The summed E-state index contributed by atoms with van der Waals surface area (Å²) in [7, 11) is 0. The Labute approximate surface area is 151 Å². The van der Waals surface area contributed by atoms with E-state index < -0.39 is 6.10 Å². The molecule has 4 aromatic rings. The molecule has 130 valence electrons. The normalized spacial score (nSPS) is 16.9. The molecular weight excluding hydrogens is 322 g/mol. The highest BCUT2D eigenvalue weighted by molar-refractivity contribution is 6.10. The molecule has 0 spiro atoms. The van der Waals surface area contributed by atoms with E-state index in [1.54, 1.807) is 0 Å². The molecule has 5 rings (SSSR count). The van der Waals surface area contributed by atoms with Crippen molar-refractivity contribution >= 4 is 27.5 Å². The largest absolute Gasteiger partial charge is 0.399 e. The number of nitrogens with one attached hydrogen (secondary N) is 1. The number of aromatic nitrogens is 2. The van der Waals surface area contributed by atoms with Crippen LogP contribution in [0.4, 0.5) is 5.69 Å². The number of fused-ring (bicyclic) bond motifs is 5. The fourth-order valence-electron chi connectivity index (χ4n) is 4.24. The Morgan fingerprint density at radius 3 is 2.92 bits per heavy atom. The highest BCUT2D eigenvalue weighted by Gasteiger charge is 2.26. The first kappa shape index (κ1) is 15.4. The van der Waals surface area contributed by atoms with E-state index in [1.807, 2.05) is 24.3 Å². The van der Waals surface area contributed by atoms with Crippen LogP contribution >= 0.6 is 0 Å². The number of para-hydroxylation sites is 1. The first-order valence-electron chi connectivity index (χ1n) is 9.15. The zero-order chi connectivity index (χ0) is 17.7. The van der Waals surface area contributed by atoms with Crippen molar-refractivity contribution in [1.29, 1.82) is 0 Å². The summed E-state index contributed by atoms with van der Waals surface area (Å²) in [6.07, 6.45) is 2.99. The van der Waals surface area contributed by atoms with Crippen molar-refractivity contribution < 1.29 is 5.11 Å². The molecule has 2 heterocycles. The van der Waals surface area contributed by atoms with Crippen LogP contribution in [0, 0.1) is 0 Å². The van der Waals surface area contributed by atoms with E-state index in [9.17, 15) is 5.11 Å². The number of pyridine rings is 1. The average molecular weight is 343 g/mol. The van der Waals surface area contributed by atoms with Gasteiger partial charge in [-0.15, -0.1) is 0 Å². The molecule has 1 atom stereocenters. The van der Waals surface area contributed by atoms with E-state index in [0.29, 0.717) is 0 Å². The second-order valence-corrected chi connectivity index (χ2v) is 7.17. The van der Waals surface area contributed by atoms with Gasteiger partial charge < -0.3 is 15.8 Å². The predicted molar refractivity (Wildman–Crippen MR) is 105 cm³/mol. The number of aliphatic hydroxyl groups is 1. The van der Waals surface area contributed by atoms with Crippen LogP contribution in [0.15, 0.2) is 48.5 Å². The minimum Gasteiger partial charge on any atom is -0.399 e. The molecule has 4 heteroatoms. The van der Waals surface area contributed by atoms with Crippen LogP contribution in [-0.4, -0.2) is 15.1 Å². The van der Waals surface area contributed by atoms with Crippen LogP contribution in [0.1, 0.15) is 41.5 Å². The standard InChI is InChI=1S/C22H21N3O/c23-14-6-3-5-13(11-14)12-18-22-20(15-7-1-2-8-16(15)25-22)21-17(24-18)9-4-10-19(21)26/h1-3,5-8,11,19,25-26H,4,9-10,12,23H2. The van der Waals surface area contributed by atoms with Crippen LogP contribution in [0.2, 0.25) is 0 Å². The first-order valence-corrected chi connectivity index (χ1v) is 9.15. The van der Waals surface area contributed by atoms with Crippen molar-refractivity contribution in [3.05, 3.63) is 71.0 Å². The summed E-state index contributed by atoms with van der Waals surface area (Å²) in [6, 6.07) is 16.3. The van der Waals surface area contributed by atoms with Gasteiger partial charge in [-0.05, 0) is 43.0 Å². The molecule has 0 fully saturated rings. The Kier molecular flexibility index (Phi) is 3.47. The molecule has 4 N–H and O–H groups in total. The van der Waals surface area contributed by atoms with Crippen LogP contribution in [0.25, 0.3) is 21.8 Å². The Bertz CT molecular complexity index is 1130. The van der Waals surface area contributed by atoms with E-state index in [-0.39, 0.29) is 0 Å². The highest BCUT2D eigenvalue weighted by Crippen LogP contribution is 2.39. The van der Waals surface area contributed by atoms with Gasteiger partial charge in [0.1, 0.15) is 0 Å². The maximum atomic E-state index is 10.7. The lowest BCUT2D eigenvalue weighted by Gasteiger charge is -2.23. The summed E-state index contributed by atoms with van der Waals surface area (Å²) < 4.78 is 0. The van der Waals surface area contributed by atoms with Gasteiger partial charge in [-0.1, -0.05) is 30.3 Å². The number of rotatable bonds is 2. The number of nitrogens with zero attached hydrogens (tertiary/aromatic N) is 1. The quantitative estimate of drug-likeness (QED) is 0.476. The molecule has 26 heavy (non-hydrogen) atoms. The molecule has 1 unspecified atom stereocenters. The van der Waals surface area contributed by atoms with E-state index in [1.165, 1.54) is 0 Å². The summed E-state index contributed by atoms with van der Waals surface area (Å²) in [4.78, 5) is 8.53. The molecule has 4 nitrogen and oxygen atoms in total. The van der Waals surface area contributed by atoms with Gasteiger partial charge in [0.2, 0.25) is 0 Å². The Morgan fingerprint density at radius 2 is 2.04 bits per heavy atom. The third-order valence-corrected chi connectivity index (χ3v) is 5.39. The molecule has 0 saturated heterocycles. The van der Waals surface area contributed by atoms with Gasteiger partial charge in [0.25, 0.3) is 0 Å². The van der Waals surface area contributed by atoms with Crippen molar-refractivity contribution in [1.82, 2.24) is 9.97 Å².